The van der Waals surface area contributed by atoms with Gasteiger partial charge in [-0.25, -0.2) is 4.79 Å². The van der Waals surface area contributed by atoms with E-state index in [0.717, 1.165) is 45.4 Å². The van der Waals surface area contributed by atoms with Crippen LogP contribution in [0.1, 0.15) is 32.1 Å². The Balaban J connectivity index is 1.79. The Bertz CT molecular complexity index is 353. The number of hydrogen-bond acceptors (Lipinski definition) is 3. The van der Waals surface area contributed by atoms with Gasteiger partial charge in [0.15, 0.2) is 0 Å². The van der Waals surface area contributed by atoms with Crippen LogP contribution in [0.4, 0.5) is 4.79 Å². The second-order valence-electron chi connectivity index (χ2n) is 5.82. The first kappa shape index (κ1) is 15.1. The van der Waals surface area contributed by atoms with Crippen molar-refractivity contribution in [2.24, 2.45) is 11.8 Å². The van der Waals surface area contributed by atoms with E-state index in [0.29, 0.717) is 12.3 Å². The number of nitrogens with zero attached hydrogens (tertiary/aromatic N) is 1. The van der Waals surface area contributed by atoms with E-state index in [1.165, 1.54) is 0 Å². The van der Waals surface area contributed by atoms with Gasteiger partial charge in [-0.3, -0.25) is 4.79 Å². The van der Waals surface area contributed by atoms with Crippen LogP contribution in [0, 0.1) is 11.8 Å². The molecule has 0 aromatic rings. The average Bonchev–Trinajstić information content (AvgIpc) is 2.88. The van der Waals surface area contributed by atoms with Gasteiger partial charge in [-0.05, 0) is 31.6 Å². The number of ether oxygens (including phenoxy) is 1. The number of carbonyl (C=O) groups is 2. The molecule has 0 spiro atoms. The van der Waals surface area contributed by atoms with Gasteiger partial charge >= 0.3 is 12.0 Å². The van der Waals surface area contributed by atoms with Crippen LogP contribution >= 0.6 is 0 Å². The van der Waals surface area contributed by atoms with E-state index in [2.05, 4.69) is 5.32 Å². The molecule has 2 aliphatic rings. The van der Waals surface area contributed by atoms with Crippen molar-refractivity contribution in [2.45, 2.75) is 38.1 Å². The van der Waals surface area contributed by atoms with Crippen molar-refractivity contribution in [1.29, 1.82) is 0 Å². The number of carboxylic acid groups (broad SMARTS) is 1. The molecule has 6 heteroatoms. The number of aliphatic carboxylic acids is 1. The van der Waals surface area contributed by atoms with Gasteiger partial charge in [0.05, 0.1) is 5.92 Å². The molecule has 2 N–H and O–H groups in total. The van der Waals surface area contributed by atoms with Crippen LogP contribution in [0.3, 0.4) is 0 Å². The largest absolute Gasteiger partial charge is 0.481 e. The summed E-state index contributed by atoms with van der Waals surface area (Å²) < 4.78 is 5.14. The number of methoxy groups -OCH3 is 1. The van der Waals surface area contributed by atoms with Crippen LogP contribution in [-0.4, -0.2) is 54.9 Å². The van der Waals surface area contributed by atoms with Gasteiger partial charge in [0.25, 0.3) is 0 Å². The Morgan fingerprint density at radius 1 is 1.25 bits per heavy atom. The van der Waals surface area contributed by atoms with Gasteiger partial charge in [0, 0.05) is 32.8 Å². The summed E-state index contributed by atoms with van der Waals surface area (Å²) in [4.78, 5) is 25.1. The van der Waals surface area contributed by atoms with Gasteiger partial charge in [-0.1, -0.05) is 6.42 Å². The van der Waals surface area contributed by atoms with Crippen molar-refractivity contribution in [3.8, 4) is 0 Å². The van der Waals surface area contributed by atoms with E-state index in [4.69, 9.17) is 9.84 Å². The van der Waals surface area contributed by atoms with Crippen molar-refractivity contribution >= 4 is 12.0 Å². The molecule has 1 heterocycles. The molecular formula is C14H24N2O4. The first-order valence-electron chi connectivity index (χ1n) is 7.39. The number of urea groups is 1. The Labute approximate surface area is 119 Å². The smallest absolute Gasteiger partial charge is 0.317 e. The summed E-state index contributed by atoms with van der Waals surface area (Å²) in [5.74, 6) is -0.695. The van der Waals surface area contributed by atoms with E-state index in [-0.39, 0.29) is 12.1 Å². The fourth-order valence-electron chi connectivity index (χ4n) is 3.22. The van der Waals surface area contributed by atoms with E-state index >= 15 is 0 Å². The zero-order valence-electron chi connectivity index (χ0n) is 12.0. The number of rotatable bonds is 4. The lowest BCUT2D eigenvalue weighted by Gasteiger charge is -2.33. The van der Waals surface area contributed by atoms with Crippen LogP contribution in [0.5, 0.6) is 0 Å². The normalized spacial score (nSPS) is 27.6. The van der Waals surface area contributed by atoms with E-state index in [9.17, 15) is 9.59 Å². The summed E-state index contributed by atoms with van der Waals surface area (Å²) in [6.45, 7) is 2.20. The monoisotopic (exact) mass is 284 g/mol. The maximum absolute atomic E-state index is 12.2. The molecule has 0 radical (unpaired) electrons. The molecule has 1 aliphatic carbocycles. The van der Waals surface area contributed by atoms with E-state index < -0.39 is 11.9 Å². The molecule has 2 fully saturated rings. The number of carbonyl (C=O) groups excluding carboxylic acids is 1. The number of carboxylic acids is 1. The molecule has 20 heavy (non-hydrogen) atoms. The third kappa shape index (κ3) is 3.62. The quantitative estimate of drug-likeness (QED) is 0.816. The first-order chi connectivity index (χ1) is 9.61. The molecular weight excluding hydrogens is 260 g/mol. The zero-order chi connectivity index (χ0) is 14.5. The molecule has 0 aromatic carbocycles. The summed E-state index contributed by atoms with van der Waals surface area (Å²) >= 11 is 0. The Hall–Kier alpha value is -1.30. The summed E-state index contributed by atoms with van der Waals surface area (Å²) in [6, 6.07) is -0.323. The number of amides is 2. The summed E-state index contributed by atoms with van der Waals surface area (Å²) in [7, 11) is 1.70. The van der Waals surface area contributed by atoms with Gasteiger partial charge in [-0.15, -0.1) is 0 Å². The fraction of sp³-hybridized carbons (Fsp3) is 0.857. The minimum atomic E-state index is -0.799. The minimum Gasteiger partial charge on any atom is -0.481 e. The van der Waals surface area contributed by atoms with Crippen molar-refractivity contribution in [3.63, 3.8) is 0 Å². The van der Waals surface area contributed by atoms with Gasteiger partial charge < -0.3 is 20.1 Å². The SMILES string of the molecule is COCC1CCN(C(=O)NC2CCCC2C(=O)O)CC1. The van der Waals surface area contributed by atoms with Crippen LogP contribution in [0.2, 0.25) is 0 Å². The lowest BCUT2D eigenvalue weighted by molar-refractivity contribution is -0.142. The molecule has 0 aromatic heterocycles. The topological polar surface area (TPSA) is 78.9 Å². The second kappa shape index (κ2) is 6.92. The van der Waals surface area contributed by atoms with Gasteiger partial charge in [-0.2, -0.15) is 0 Å². The zero-order valence-corrected chi connectivity index (χ0v) is 12.0. The standard InChI is InChI=1S/C14H24N2O4/c1-20-9-10-5-7-16(8-6-10)14(19)15-12-4-2-3-11(12)13(17)18/h10-12H,2-9H2,1H3,(H,15,19)(H,17,18). The molecule has 2 rings (SSSR count). The molecule has 0 bridgehead atoms. The highest BCUT2D eigenvalue weighted by Crippen LogP contribution is 2.26. The predicted octanol–water partition coefficient (Wildman–Crippen LogP) is 1.31. The maximum atomic E-state index is 12.2. The Kier molecular flexibility index (Phi) is 5.23. The predicted molar refractivity (Wildman–Crippen MR) is 73.5 cm³/mol. The van der Waals surface area contributed by atoms with Gasteiger partial charge in [0.2, 0.25) is 0 Å². The Morgan fingerprint density at radius 3 is 2.55 bits per heavy atom. The number of likely N-dealkylation sites (tertiary alicyclic amines) is 1. The molecule has 2 amide bonds. The fourth-order valence-corrected chi connectivity index (χ4v) is 3.22. The molecule has 6 nitrogen and oxygen atoms in total. The van der Waals surface area contributed by atoms with Crippen molar-refractivity contribution in [3.05, 3.63) is 0 Å². The maximum Gasteiger partial charge on any atom is 0.317 e. The third-order valence-electron chi connectivity index (χ3n) is 4.45. The van der Waals surface area contributed by atoms with E-state index in [1.54, 1.807) is 12.0 Å². The molecule has 1 saturated carbocycles. The third-order valence-corrected chi connectivity index (χ3v) is 4.45. The minimum absolute atomic E-state index is 0.112. The van der Waals surface area contributed by atoms with Crippen molar-refractivity contribution in [2.75, 3.05) is 26.8 Å². The molecule has 2 unspecified atom stereocenters. The summed E-state index contributed by atoms with van der Waals surface area (Å²) in [6.07, 6.45) is 4.21. The lowest BCUT2D eigenvalue weighted by atomic mass is 9.98. The van der Waals surface area contributed by atoms with Crippen LogP contribution < -0.4 is 5.32 Å². The highest BCUT2D eigenvalue weighted by Gasteiger charge is 2.35. The van der Waals surface area contributed by atoms with Crippen LogP contribution in [-0.2, 0) is 9.53 Å². The van der Waals surface area contributed by atoms with Crippen LogP contribution in [0.25, 0.3) is 0 Å². The highest BCUT2D eigenvalue weighted by molar-refractivity contribution is 5.77. The van der Waals surface area contributed by atoms with E-state index in [1.807, 2.05) is 0 Å². The molecule has 1 aliphatic heterocycles. The molecule has 1 saturated heterocycles. The number of hydrogen-bond donors (Lipinski definition) is 2. The molecule has 114 valence electrons. The number of nitrogens with one attached hydrogen (secondary N) is 1. The Morgan fingerprint density at radius 2 is 1.95 bits per heavy atom. The summed E-state index contributed by atoms with van der Waals surface area (Å²) in [5, 5.41) is 12.0. The average molecular weight is 284 g/mol. The van der Waals surface area contributed by atoms with Crippen LogP contribution in [0.15, 0.2) is 0 Å². The van der Waals surface area contributed by atoms with Crippen molar-refractivity contribution in [1.82, 2.24) is 10.2 Å². The number of piperidine rings is 1. The first-order valence-corrected chi connectivity index (χ1v) is 7.39. The second-order valence-corrected chi connectivity index (χ2v) is 5.82. The van der Waals surface area contributed by atoms with Crippen molar-refractivity contribution < 1.29 is 19.4 Å². The highest BCUT2D eigenvalue weighted by atomic mass is 16.5. The summed E-state index contributed by atoms with van der Waals surface area (Å²) in [5.41, 5.74) is 0. The van der Waals surface area contributed by atoms with Gasteiger partial charge in [0.1, 0.15) is 0 Å². The molecule has 2 atom stereocenters. The lowest BCUT2D eigenvalue weighted by Crippen LogP contribution is -2.49.